The summed E-state index contributed by atoms with van der Waals surface area (Å²) >= 11 is 0. The largest absolute Gasteiger partial charge is 0.505 e. The second-order valence-corrected chi connectivity index (χ2v) is 7.77. The smallest absolute Gasteiger partial charge is 0.165 e. The maximum Gasteiger partial charge on any atom is 0.165 e. The van der Waals surface area contributed by atoms with Crippen molar-refractivity contribution in [2.45, 2.75) is 34.6 Å². The van der Waals surface area contributed by atoms with Gasteiger partial charge in [-0.1, -0.05) is 35.9 Å². The van der Waals surface area contributed by atoms with E-state index in [1.54, 1.807) is 6.07 Å². The number of nitrogens with one attached hydrogen (secondary N) is 1. The van der Waals surface area contributed by atoms with Crippen LogP contribution in [0.3, 0.4) is 0 Å². The average Bonchev–Trinajstić information content (AvgIpc) is 2.68. The number of anilines is 1. The molecule has 0 spiro atoms. The van der Waals surface area contributed by atoms with Gasteiger partial charge in [0.05, 0.1) is 0 Å². The Balaban J connectivity index is 1.96. The summed E-state index contributed by atoms with van der Waals surface area (Å²) in [7, 11) is 0. The molecule has 2 nitrogen and oxygen atoms in total. The lowest BCUT2D eigenvalue weighted by molar-refractivity contribution is 0.432. The van der Waals surface area contributed by atoms with Gasteiger partial charge < -0.3 is 10.4 Å². The highest BCUT2D eigenvalue weighted by Crippen LogP contribution is 2.36. The van der Waals surface area contributed by atoms with Crippen molar-refractivity contribution >= 4 is 5.69 Å². The fraction of sp³-hybridized carbons (Fsp3) is 0.231. The maximum atomic E-state index is 13.9. The second kappa shape index (κ2) is 8.52. The number of hydrogen-bond acceptors (Lipinski definition) is 2. The minimum absolute atomic E-state index is 0.324. The van der Waals surface area contributed by atoms with Gasteiger partial charge in [0.1, 0.15) is 0 Å². The third-order valence-electron chi connectivity index (χ3n) is 5.35. The number of phenols is 1. The fourth-order valence-corrected chi connectivity index (χ4v) is 3.63. The topological polar surface area (TPSA) is 32.3 Å². The molecule has 3 aromatic rings. The van der Waals surface area contributed by atoms with Gasteiger partial charge >= 0.3 is 0 Å². The first-order chi connectivity index (χ1) is 13.8. The summed E-state index contributed by atoms with van der Waals surface area (Å²) in [6, 6.07) is 15.1. The number of rotatable bonds is 5. The van der Waals surface area contributed by atoms with E-state index in [-0.39, 0.29) is 5.75 Å². The highest BCUT2D eigenvalue weighted by molar-refractivity contribution is 5.80. The lowest BCUT2D eigenvalue weighted by atomic mass is 9.87. The molecule has 0 radical (unpaired) electrons. The molecule has 29 heavy (non-hydrogen) atoms. The van der Waals surface area contributed by atoms with Gasteiger partial charge in [-0.25, -0.2) is 4.39 Å². The van der Waals surface area contributed by atoms with E-state index in [0.717, 1.165) is 34.5 Å². The van der Waals surface area contributed by atoms with Crippen LogP contribution in [-0.4, -0.2) is 11.7 Å². The Morgan fingerprint density at radius 2 is 1.59 bits per heavy atom. The van der Waals surface area contributed by atoms with Crippen molar-refractivity contribution in [2.75, 3.05) is 11.9 Å². The highest BCUT2D eigenvalue weighted by atomic mass is 19.1. The number of aryl methyl sites for hydroxylation is 1. The highest BCUT2D eigenvalue weighted by Gasteiger charge is 2.14. The van der Waals surface area contributed by atoms with Crippen LogP contribution >= 0.6 is 0 Å². The number of benzene rings is 3. The zero-order valence-corrected chi connectivity index (χ0v) is 17.7. The van der Waals surface area contributed by atoms with Gasteiger partial charge in [0.25, 0.3) is 0 Å². The molecule has 3 aromatic carbocycles. The van der Waals surface area contributed by atoms with Crippen molar-refractivity contribution in [3.63, 3.8) is 0 Å². The molecule has 0 unspecified atom stereocenters. The van der Waals surface area contributed by atoms with Gasteiger partial charge in [0, 0.05) is 12.2 Å². The molecule has 0 heterocycles. The number of phenolic OH excluding ortho intramolecular Hbond substituents is 1. The Morgan fingerprint density at radius 1 is 0.931 bits per heavy atom. The summed E-state index contributed by atoms with van der Waals surface area (Å²) in [5.41, 5.74) is 9.96. The summed E-state index contributed by atoms with van der Waals surface area (Å²) in [6.45, 7) is 11.3. The molecule has 0 saturated heterocycles. The van der Waals surface area contributed by atoms with Crippen LogP contribution in [0.15, 0.2) is 60.2 Å². The fourth-order valence-electron chi connectivity index (χ4n) is 3.63. The molecular formula is C26H28FNO. The van der Waals surface area contributed by atoms with E-state index >= 15 is 0 Å². The Kier molecular flexibility index (Phi) is 6.07. The van der Waals surface area contributed by atoms with Crippen LogP contribution in [0.4, 0.5) is 10.1 Å². The second-order valence-electron chi connectivity index (χ2n) is 7.77. The summed E-state index contributed by atoms with van der Waals surface area (Å²) in [4.78, 5) is 0. The van der Waals surface area contributed by atoms with E-state index in [0.29, 0.717) is 0 Å². The molecule has 0 aliphatic carbocycles. The summed E-state index contributed by atoms with van der Waals surface area (Å²) in [6.07, 6.45) is 2.16. The van der Waals surface area contributed by atoms with Crippen molar-refractivity contribution in [1.82, 2.24) is 0 Å². The summed E-state index contributed by atoms with van der Waals surface area (Å²) < 4.78 is 13.9. The van der Waals surface area contributed by atoms with Crippen molar-refractivity contribution in [2.24, 2.45) is 0 Å². The van der Waals surface area contributed by atoms with Gasteiger partial charge in [-0.3, -0.25) is 0 Å². The molecule has 0 amide bonds. The third kappa shape index (κ3) is 4.51. The van der Waals surface area contributed by atoms with Gasteiger partial charge in [-0.15, -0.1) is 0 Å². The van der Waals surface area contributed by atoms with Crippen molar-refractivity contribution in [1.29, 1.82) is 0 Å². The molecule has 0 aromatic heterocycles. The lowest BCUT2D eigenvalue weighted by Crippen LogP contribution is -1.99. The van der Waals surface area contributed by atoms with E-state index < -0.39 is 5.82 Å². The van der Waals surface area contributed by atoms with Gasteiger partial charge in [0.2, 0.25) is 0 Å². The predicted octanol–water partition coefficient (Wildman–Crippen LogP) is 7.17. The molecule has 0 bridgehead atoms. The average molecular weight is 390 g/mol. The van der Waals surface area contributed by atoms with Crippen molar-refractivity contribution in [3.05, 3.63) is 82.7 Å². The Labute approximate surface area is 172 Å². The van der Waals surface area contributed by atoms with Crippen LogP contribution in [0.5, 0.6) is 5.75 Å². The van der Waals surface area contributed by atoms with E-state index in [2.05, 4.69) is 76.3 Å². The normalized spacial score (nSPS) is 10.7. The van der Waals surface area contributed by atoms with Crippen LogP contribution in [0, 0.1) is 26.6 Å². The monoisotopic (exact) mass is 389 g/mol. The van der Waals surface area contributed by atoms with Crippen LogP contribution in [-0.2, 0) is 0 Å². The molecule has 0 aliphatic rings. The van der Waals surface area contributed by atoms with E-state index in [1.165, 1.54) is 34.4 Å². The van der Waals surface area contributed by atoms with Crippen LogP contribution < -0.4 is 5.32 Å². The maximum absolute atomic E-state index is 13.9. The zero-order chi connectivity index (χ0) is 21.1. The van der Waals surface area contributed by atoms with E-state index in [1.807, 2.05) is 0 Å². The minimum Gasteiger partial charge on any atom is -0.505 e. The van der Waals surface area contributed by atoms with Crippen LogP contribution in [0.25, 0.3) is 22.3 Å². The van der Waals surface area contributed by atoms with Gasteiger partial charge in [-0.05, 0) is 97.8 Å². The lowest BCUT2D eigenvalue weighted by Gasteiger charge is -2.18. The van der Waals surface area contributed by atoms with Crippen molar-refractivity contribution in [3.8, 4) is 28.0 Å². The quantitative estimate of drug-likeness (QED) is 0.453. The van der Waals surface area contributed by atoms with E-state index in [9.17, 15) is 9.50 Å². The van der Waals surface area contributed by atoms with Crippen LogP contribution in [0.2, 0.25) is 0 Å². The first kappa shape index (κ1) is 20.7. The number of hydrogen-bond donors (Lipinski definition) is 2. The predicted molar refractivity (Wildman–Crippen MR) is 121 cm³/mol. The molecule has 150 valence electrons. The summed E-state index contributed by atoms with van der Waals surface area (Å²) in [5, 5.41) is 12.9. The first-order valence-corrected chi connectivity index (χ1v) is 9.85. The molecule has 2 N–H and O–H groups in total. The van der Waals surface area contributed by atoms with Gasteiger partial charge in [-0.2, -0.15) is 0 Å². The standard InChI is InChI=1S/C26H28FNO/c1-16(2)12-13-28-22-9-6-20(7-10-22)26-17(3)14-23(18(4)19(26)5)21-8-11-25(29)24(27)15-21/h6-12,14-15,28-29H,13H2,1-5H3. The number of allylic oxidation sites excluding steroid dienone is 1. The Hall–Kier alpha value is -3.07. The summed E-state index contributed by atoms with van der Waals surface area (Å²) in [5.74, 6) is -0.924. The molecule has 3 rings (SSSR count). The van der Waals surface area contributed by atoms with Gasteiger partial charge in [0.15, 0.2) is 11.6 Å². The minimum atomic E-state index is -0.600. The third-order valence-corrected chi connectivity index (χ3v) is 5.35. The Morgan fingerprint density at radius 3 is 2.21 bits per heavy atom. The van der Waals surface area contributed by atoms with E-state index in [4.69, 9.17) is 0 Å². The zero-order valence-electron chi connectivity index (χ0n) is 17.7. The molecular weight excluding hydrogens is 361 g/mol. The molecule has 0 fully saturated rings. The Bertz CT molecular complexity index is 1060. The van der Waals surface area contributed by atoms with Crippen molar-refractivity contribution < 1.29 is 9.50 Å². The SMILES string of the molecule is CC(C)=CCNc1ccc(-c2c(C)cc(-c3ccc(O)c(F)c3)c(C)c2C)cc1. The first-order valence-electron chi connectivity index (χ1n) is 9.85. The molecule has 0 aliphatic heterocycles. The molecule has 0 atom stereocenters. The van der Waals surface area contributed by atoms with Crippen LogP contribution in [0.1, 0.15) is 30.5 Å². The number of aromatic hydroxyl groups is 1. The molecule has 3 heteroatoms. The molecule has 0 saturated carbocycles. The number of halogens is 1.